The van der Waals surface area contributed by atoms with Crippen molar-refractivity contribution >= 4 is 0 Å². The van der Waals surface area contributed by atoms with Gasteiger partial charge in [-0.2, -0.15) is 0 Å². The van der Waals surface area contributed by atoms with Gasteiger partial charge in [-0.1, -0.05) is 0 Å². The van der Waals surface area contributed by atoms with E-state index in [2.05, 4.69) is 26.1 Å². The Morgan fingerprint density at radius 1 is 1.31 bits per heavy atom. The minimum atomic E-state index is 0.0174. The Morgan fingerprint density at radius 2 is 2.08 bits per heavy atom. The predicted octanol–water partition coefficient (Wildman–Crippen LogP) is 1.94. The minimum Gasteiger partial charge on any atom is -0.374 e. The molecule has 0 unspecified atom stereocenters. The number of hydrogen-bond acceptors (Lipinski definition) is 2. The van der Waals surface area contributed by atoms with E-state index in [9.17, 15) is 0 Å². The van der Waals surface area contributed by atoms with Crippen LogP contribution in [-0.4, -0.2) is 24.3 Å². The van der Waals surface area contributed by atoms with Gasteiger partial charge in [0.2, 0.25) is 0 Å². The highest BCUT2D eigenvalue weighted by Gasteiger charge is 2.39. The van der Waals surface area contributed by atoms with Crippen LogP contribution in [0.5, 0.6) is 0 Å². The first kappa shape index (κ1) is 9.47. The first-order valence-corrected chi connectivity index (χ1v) is 5.44. The molecule has 0 radical (unpaired) electrons. The Balaban J connectivity index is 1.78. The van der Waals surface area contributed by atoms with E-state index >= 15 is 0 Å². The maximum Gasteiger partial charge on any atom is 0.0629 e. The van der Waals surface area contributed by atoms with Crippen LogP contribution in [-0.2, 0) is 4.74 Å². The van der Waals surface area contributed by atoms with Crippen molar-refractivity contribution in [3.8, 4) is 0 Å². The lowest BCUT2D eigenvalue weighted by atomic mass is 10.0. The summed E-state index contributed by atoms with van der Waals surface area (Å²) in [6.07, 6.45) is 4.19. The van der Waals surface area contributed by atoms with Gasteiger partial charge in [-0.05, 0) is 46.0 Å². The van der Waals surface area contributed by atoms with Crippen molar-refractivity contribution in [1.82, 2.24) is 5.32 Å². The summed E-state index contributed by atoms with van der Waals surface area (Å²) >= 11 is 0. The van der Waals surface area contributed by atoms with Gasteiger partial charge in [0.1, 0.15) is 0 Å². The molecule has 1 N–H and O–H groups in total. The van der Waals surface area contributed by atoms with Crippen LogP contribution in [0.4, 0.5) is 0 Å². The van der Waals surface area contributed by atoms with Crippen LogP contribution in [0.25, 0.3) is 0 Å². The SMILES string of the molecule is CC(C)(C)OC[C@H]1N[C@H]2CC[C@@H]1C2. The molecule has 1 aliphatic heterocycles. The van der Waals surface area contributed by atoms with Crippen LogP contribution in [0.3, 0.4) is 0 Å². The van der Waals surface area contributed by atoms with Gasteiger partial charge in [-0.15, -0.1) is 0 Å². The second-order valence-corrected chi connectivity index (χ2v) is 5.47. The molecule has 0 aromatic rings. The molecule has 2 fully saturated rings. The number of rotatable bonds is 2. The summed E-state index contributed by atoms with van der Waals surface area (Å²) in [7, 11) is 0. The predicted molar refractivity (Wildman–Crippen MR) is 53.8 cm³/mol. The fraction of sp³-hybridized carbons (Fsp3) is 1.00. The minimum absolute atomic E-state index is 0.0174. The molecule has 1 heterocycles. The van der Waals surface area contributed by atoms with Gasteiger partial charge in [-0.3, -0.25) is 0 Å². The summed E-state index contributed by atoms with van der Waals surface area (Å²) in [4.78, 5) is 0. The van der Waals surface area contributed by atoms with E-state index < -0.39 is 0 Å². The van der Waals surface area contributed by atoms with Crippen molar-refractivity contribution in [2.45, 2.75) is 57.7 Å². The number of nitrogens with one attached hydrogen (secondary N) is 1. The first-order valence-electron chi connectivity index (χ1n) is 5.44. The van der Waals surface area contributed by atoms with E-state index in [1.807, 2.05) is 0 Å². The second-order valence-electron chi connectivity index (χ2n) is 5.47. The van der Waals surface area contributed by atoms with E-state index in [4.69, 9.17) is 4.74 Å². The summed E-state index contributed by atoms with van der Waals surface area (Å²) in [5.74, 6) is 0.896. The topological polar surface area (TPSA) is 21.3 Å². The maximum absolute atomic E-state index is 5.80. The van der Waals surface area contributed by atoms with Crippen molar-refractivity contribution in [2.24, 2.45) is 5.92 Å². The zero-order valence-electron chi connectivity index (χ0n) is 8.97. The summed E-state index contributed by atoms with van der Waals surface area (Å²) in [5.41, 5.74) is 0.0174. The van der Waals surface area contributed by atoms with E-state index in [0.717, 1.165) is 18.6 Å². The molecule has 2 aliphatic rings. The van der Waals surface area contributed by atoms with Crippen LogP contribution < -0.4 is 5.32 Å². The fourth-order valence-electron chi connectivity index (χ4n) is 2.50. The third-order valence-corrected chi connectivity index (χ3v) is 3.19. The molecule has 76 valence electrons. The summed E-state index contributed by atoms with van der Waals surface area (Å²) in [6, 6.07) is 1.44. The highest BCUT2D eigenvalue weighted by Crippen LogP contribution is 2.35. The molecule has 0 aromatic carbocycles. The molecule has 0 spiro atoms. The molecule has 1 saturated carbocycles. The van der Waals surface area contributed by atoms with Crippen LogP contribution in [0, 0.1) is 5.92 Å². The molecule has 2 bridgehead atoms. The van der Waals surface area contributed by atoms with Gasteiger partial charge in [0.15, 0.2) is 0 Å². The van der Waals surface area contributed by atoms with Crippen molar-refractivity contribution in [1.29, 1.82) is 0 Å². The molecule has 2 nitrogen and oxygen atoms in total. The molecule has 3 atom stereocenters. The van der Waals surface area contributed by atoms with Crippen LogP contribution in [0.2, 0.25) is 0 Å². The molecule has 1 aliphatic carbocycles. The Morgan fingerprint density at radius 3 is 2.54 bits per heavy atom. The smallest absolute Gasteiger partial charge is 0.0629 e. The third kappa shape index (κ3) is 2.23. The standard InChI is InChI=1S/C11H21NO/c1-11(2,3)13-7-10-8-4-5-9(6-8)12-10/h8-10,12H,4-7H2,1-3H3/t8-,9+,10-/m1/s1. The maximum atomic E-state index is 5.80. The van der Waals surface area contributed by atoms with Crippen LogP contribution in [0.1, 0.15) is 40.0 Å². The number of fused-ring (bicyclic) bond motifs is 2. The van der Waals surface area contributed by atoms with Gasteiger partial charge in [-0.25, -0.2) is 0 Å². The molecule has 2 rings (SSSR count). The first-order chi connectivity index (χ1) is 6.04. The van der Waals surface area contributed by atoms with Crippen molar-refractivity contribution < 1.29 is 4.74 Å². The number of piperidine rings is 1. The quantitative estimate of drug-likeness (QED) is 0.706. The zero-order valence-corrected chi connectivity index (χ0v) is 8.97. The van der Waals surface area contributed by atoms with Crippen LogP contribution >= 0.6 is 0 Å². The van der Waals surface area contributed by atoms with Gasteiger partial charge in [0.25, 0.3) is 0 Å². The Bertz CT molecular complexity index is 185. The van der Waals surface area contributed by atoms with E-state index in [0.29, 0.717) is 6.04 Å². The average molecular weight is 183 g/mol. The molecule has 1 saturated heterocycles. The monoisotopic (exact) mass is 183 g/mol. The number of ether oxygens (including phenoxy) is 1. The summed E-state index contributed by atoms with van der Waals surface area (Å²) in [5, 5.41) is 3.64. The Hall–Kier alpha value is -0.0800. The Kier molecular flexibility index (Phi) is 2.37. The lowest BCUT2D eigenvalue weighted by molar-refractivity contribution is -0.0197. The fourth-order valence-corrected chi connectivity index (χ4v) is 2.50. The normalized spacial score (nSPS) is 38.5. The molecular weight excluding hydrogens is 162 g/mol. The zero-order chi connectivity index (χ0) is 9.47. The van der Waals surface area contributed by atoms with Crippen LogP contribution in [0.15, 0.2) is 0 Å². The second kappa shape index (κ2) is 3.25. The molecule has 0 amide bonds. The van der Waals surface area contributed by atoms with E-state index in [1.165, 1.54) is 19.3 Å². The van der Waals surface area contributed by atoms with Gasteiger partial charge in [0, 0.05) is 12.1 Å². The average Bonchev–Trinajstić information content (AvgIpc) is 2.58. The van der Waals surface area contributed by atoms with E-state index in [-0.39, 0.29) is 5.60 Å². The van der Waals surface area contributed by atoms with Crippen molar-refractivity contribution in [3.63, 3.8) is 0 Å². The van der Waals surface area contributed by atoms with Crippen molar-refractivity contribution in [2.75, 3.05) is 6.61 Å². The number of hydrogen-bond donors (Lipinski definition) is 1. The van der Waals surface area contributed by atoms with Gasteiger partial charge < -0.3 is 10.1 Å². The Labute approximate surface area is 81.0 Å². The van der Waals surface area contributed by atoms with E-state index in [1.54, 1.807) is 0 Å². The lowest BCUT2D eigenvalue weighted by Crippen LogP contribution is -2.40. The molecule has 13 heavy (non-hydrogen) atoms. The van der Waals surface area contributed by atoms with Crippen molar-refractivity contribution in [3.05, 3.63) is 0 Å². The van der Waals surface area contributed by atoms with Gasteiger partial charge in [0.05, 0.1) is 12.2 Å². The molecule has 2 heteroatoms. The van der Waals surface area contributed by atoms with Gasteiger partial charge >= 0.3 is 0 Å². The summed E-state index contributed by atoms with van der Waals surface area (Å²) in [6.45, 7) is 7.27. The lowest BCUT2D eigenvalue weighted by Gasteiger charge is -2.27. The summed E-state index contributed by atoms with van der Waals surface area (Å²) < 4.78 is 5.80. The molecule has 0 aromatic heterocycles. The highest BCUT2D eigenvalue weighted by molar-refractivity contribution is 4.96. The highest BCUT2D eigenvalue weighted by atomic mass is 16.5. The third-order valence-electron chi connectivity index (χ3n) is 3.19. The largest absolute Gasteiger partial charge is 0.374 e. The molecular formula is C11H21NO.